The van der Waals surface area contributed by atoms with Crippen LogP contribution < -0.4 is 5.32 Å². The van der Waals surface area contributed by atoms with Gasteiger partial charge in [-0.15, -0.1) is 0 Å². The third-order valence-corrected chi connectivity index (χ3v) is 3.36. The SMILES string of the molecule is O=C(NCc1ccccc1)c1nc(-c2cccc(C(F)(F)F)c2)no1. The van der Waals surface area contributed by atoms with Gasteiger partial charge in [0.1, 0.15) is 0 Å². The summed E-state index contributed by atoms with van der Waals surface area (Å²) >= 11 is 0. The average Bonchev–Trinajstić information content (AvgIpc) is 3.10. The van der Waals surface area contributed by atoms with Crippen molar-refractivity contribution in [1.82, 2.24) is 15.5 Å². The first-order chi connectivity index (χ1) is 11.9. The second kappa shape index (κ2) is 6.76. The molecule has 0 unspecified atom stereocenters. The third-order valence-electron chi connectivity index (χ3n) is 3.36. The number of rotatable bonds is 4. The van der Waals surface area contributed by atoms with Crippen LogP contribution in [0.4, 0.5) is 13.2 Å². The summed E-state index contributed by atoms with van der Waals surface area (Å²) in [5.74, 6) is -1.01. The van der Waals surface area contributed by atoms with E-state index in [0.717, 1.165) is 17.7 Å². The second-order valence-corrected chi connectivity index (χ2v) is 5.17. The van der Waals surface area contributed by atoms with Gasteiger partial charge in [-0.25, -0.2) is 0 Å². The minimum Gasteiger partial charge on any atom is -0.344 e. The third kappa shape index (κ3) is 4.03. The van der Waals surface area contributed by atoms with Gasteiger partial charge in [-0.3, -0.25) is 4.79 Å². The van der Waals surface area contributed by atoms with Crippen LogP contribution in [-0.2, 0) is 12.7 Å². The Balaban J connectivity index is 1.73. The quantitative estimate of drug-likeness (QED) is 0.782. The number of hydrogen-bond acceptors (Lipinski definition) is 4. The lowest BCUT2D eigenvalue weighted by Crippen LogP contribution is -2.23. The van der Waals surface area contributed by atoms with Gasteiger partial charge in [-0.1, -0.05) is 47.6 Å². The molecule has 0 saturated carbocycles. The summed E-state index contributed by atoms with van der Waals surface area (Å²) in [5, 5.41) is 6.17. The van der Waals surface area contributed by atoms with Crippen LogP contribution in [0.1, 0.15) is 21.8 Å². The second-order valence-electron chi connectivity index (χ2n) is 5.17. The zero-order chi connectivity index (χ0) is 17.9. The molecule has 0 radical (unpaired) electrons. The summed E-state index contributed by atoms with van der Waals surface area (Å²) in [6, 6.07) is 13.7. The largest absolute Gasteiger partial charge is 0.416 e. The molecule has 0 aliphatic rings. The molecular weight excluding hydrogens is 335 g/mol. The van der Waals surface area contributed by atoms with E-state index in [1.54, 1.807) is 0 Å². The molecule has 0 atom stereocenters. The smallest absolute Gasteiger partial charge is 0.344 e. The fourth-order valence-corrected chi connectivity index (χ4v) is 2.12. The monoisotopic (exact) mass is 347 g/mol. The van der Waals surface area contributed by atoms with Gasteiger partial charge in [0.2, 0.25) is 5.82 Å². The van der Waals surface area contributed by atoms with Crippen LogP contribution in [0, 0.1) is 0 Å². The van der Waals surface area contributed by atoms with E-state index in [0.29, 0.717) is 0 Å². The Kier molecular flexibility index (Phi) is 4.51. The number of benzene rings is 2. The fraction of sp³-hybridized carbons (Fsp3) is 0.118. The number of carbonyl (C=O) groups is 1. The molecule has 0 bridgehead atoms. The maximum Gasteiger partial charge on any atom is 0.416 e. The minimum absolute atomic E-state index is 0.0871. The number of carbonyl (C=O) groups excluding carboxylic acids is 1. The van der Waals surface area contributed by atoms with Crippen LogP contribution in [0.25, 0.3) is 11.4 Å². The van der Waals surface area contributed by atoms with Gasteiger partial charge in [0, 0.05) is 12.1 Å². The van der Waals surface area contributed by atoms with Crippen molar-refractivity contribution < 1.29 is 22.5 Å². The van der Waals surface area contributed by atoms with Crippen molar-refractivity contribution in [3.8, 4) is 11.4 Å². The normalized spacial score (nSPS) is 11.3. The molecule has 1 aromatic heterocycles. The average molecular weight is 347 g/mol. The highest BCUT2D eigenvalue weighted by molar-refractivity contribution is 5.89. The predicted molar refractivity (Wildman–Crippen MR) is 82.3 cm³/mol. The number of amides is 1. The van der Waals surface area contributed by atoms with Crippen molar-refractivity contribution in [2.24, 2.45) is 0 Å². The highest BCUT2D eigenvalue weighted by atomic mass is 19.4. The molecule has 0 spiro atoms. The fourth-order valence-electron chi connectivity index (χ4n) is 2.12. The van der Waals surface area contributed by atoms with E-state index >= 15 is 0 Å². The zero-order valence-corrected chi connectivity index (χ0v) is 12.7. The highest BCUT2D eigenvalue weighted by Gasteiger charge is 2.30. The van der Waals surface area contributed by atoms with E-state index in [9.17, 15) is 18.0 Å². The molecule has 2 aromatic carbocycles. The summed E-state index contributed by atoms with van der Waals surface area (Å²) in [7, 11) is 0. The first kappa shape index (κ1) is 16.7. The van der Waals surface area contributed by atoms with Gasteiger partial charge in [-0.2, -0.15) is 18.2 Å². The molecule has 1 heterocycles. The summed E-state index contributed by atoms with van der Waals surface area (Å²) in [5.41, 5.74) is 0.166. The Hall–Kier alpha value is -3.16. The molecule has 8 heteroatoms. The first-order valence-electron chi connectivity index (χ1n) is 7.27. The Morgan fingerprint density at radius 1 is 1.08 bits per heavy atom. The number of alkyl halides is 3. The van der Waals surface area contributed by atoms with Crippen LogP contribution in [0.2, 0.25) is 0 Å². The van der Waals surface area contributed by atoms with Crippen LogP contribution >= 0.6 is 0 Å². The van der Waals surface area contributed by atoms with Gasteiger partial charge in [0.15, 0.2) is 0 Å². The first-order valence-corrected chi connectivity index (χ1v) is 7.27. The van der Waals surface area contributed by atoms with E-state index in [1.165, 1.54) is 12.1 Å². The molecule has 3 aromatic rings. The van der Waals surface area contributed by atoms with Crippen molar-refractivity contribution in [3.05, 3.63) is 71.6 Å². The molecule has 0 saturated heterocycles. The van der Waals surface area contributed by atoms with Crippen molar-refractivity contribution in [1.29, 1.82) is 0 Å². The summed E-state index contributed by atoms with van der Waals surface area (Å²) in [6.07, 6.45) is -4.48. The van der Waals surface area contributed by atoms with Crippen molar-refractivity contribution in [3.63, 3.8) is 0 Å². The molecular formula is C17H12F3N3O2. The Morgan fingerprint density at radius 3 is 2.56 bits per heavy atom. The molecule has 25 heavy (non-hydrogen) atoms. The van der Waals surface area contributed by atoms with Gasteiger partial charge in [-0.05, 0) is 17.7 Å². The van der Waals surface area contributed by atoms with Gasteiger partial charge < -0.3 is 9.84 Å². The van der Waals surface area contributed by atoms with Crippen LogP contribution in [0.15, 0.2) is 59.1 Å². The van der Waals surface area contributed by atoms with E-state index in [2.05, 4.69) is 15.5 Å². The lowest BCUT2D eigenvalue weighted by Gasteiger charge is -2.06. The minimum atomic E-state index is -4.48. The van der Waals surface area contributed by atoms with Crippen LogP contribution in [0.3, 0.4) is 0 Å². The molecule has 128 valence electrons. The molecule has 5 nitrogen and oxygen atoms in total. The lowest BCUT2D eigenvalue weighted by atomic mass is 10.1. The maximum absolute atomic E-state index is 12.8. The van der Waals surface area contributed by atoms with Gasteiger partial charge >= 0.3 is 18.0 Å². The van der Waals surface area contributed by atoms with Crippen LogP contribution in [-0.4, -0.2) is 16.0 Å². The molecule has 0 fully saturated rings. The van der Waals surface area contributed by atoms with Crippen molar-refractivity contribution >= 4 is 5.91 Å². The van der Waals surface area contributed by atoms with Crippen molar-refractivity contribution in [2.45, 2.75) is 12.7 Å². The van der Waals surface area contributed by atoms with Crippen LogP contribution in [0.5, 0.6) is 0 Å². The predicted octanol–water partition coefficient (Wildman–Crippen LogP) is 3.69. The summed E-state index contributed by atoms with van der Waals surface area (Å²) in [4.78, 5) is 15.9. The Morgan fingerprint density at radius 2 is 1.84 bits per heavy atom. The number of nitrogens with zero attached hydrogens (tertiary/aromatic N) is 2. The molecule has 1 N–H and O–H groups in total. The Bertz CT molecular complexity index is 876. The van der Waals surface area contributed by atoms with E-state index in [-0.39, 0.29) is 23.8 Å². The summed E-state index contributed by atoms with van der Waals surface area (Å²) < 4.78 is 43.1. The standard InChI is InChI=1S/C17H12F3N3O2/c18-17(19,20)13-8-4-7-12(9-13)14-22-16(25-23-14)15(24)21-10-11-5-2-1-3-6-11/h1-9H,10H2,(H,21,24). The molecule has 0 aliphatic carbocycles. The highest BCUT2D eigenvalue weighted by Crippen LogP contribution is 2.31. The number of nitrogens with one attached hydrogen (secondary N) is 1. The van der Waals surface area contributed by atoms with E-state index in [4.69, 9.17) is 4.52 Å². The van der Waals surface area contributed by atoms with Gasteiger partial charge in [0.25, 0.3) is 0 Å². The number of halogens is 3. The lowest BCUT2D eigenvalue weighted by molar-refractivity contribution is -0.137. The van der Waals surface area contributed by atoms with Crippen molar-refractivity contribution in [2.75, 3.05) is 0 Å². The van der Waals surface area contributed by atoms with Gasteiger partial charge in [0.05, 0.1) is 5.56 Å². The maximum atomic E-state index is 12.8. The van der Waals surface area contributed by atoms with E-state index < -0.39 is 17.6 Å². The number of hydrogen-bond donors (Lipinski definition) is 1. The zero-order valence-electron chi connectivity index (χ0n) is 12.7. The Labute approximate surface area is 140 Å². The molecule has 0 aliphatic heterocycles. The topological polar surface area (TPSA) is 68.0 Å². The summed E-state index contributed by atoms with van der Waals surface area (Å²) in [6.45, 7) is 0.265. The number of aromatic nitrogens is 2. The molecule has 3 rings (SSSR count). The van der Waals surface area contributed by atoms with E-state index in [1.807, 2.05) is 30.3 Å². The molecule has 1 amide bonds.